The second kappa shape index (κ2) is 12.4. The Balaban J connectivity index is 2.26. The number of rotatable bonds is 8. The van der Waals surface area contributed by atoms with E-state index in [0.717, 1.165) is 45.3 Å². The lowest BCUT2D eigenvalue weighted by molar-refractivity contribution is -0.130. The van der Waals surface area contributed by atoms with Crippen LogP contribution in [-0.2, 0) is 9.53 Å². The summed E-state index contributed by atoms with van der Waals surface area (Å²) < 4.78 is 5.19. The topological polar surface area (TPSA) is 95.1 Å². The van der Waals surface area contributed by atoms with Crippen molar-refractivity contribution in [2.75, 3.05) is 39.3 Å². The predicted octanol–water partition coefficient (Wildman–Crippen LogP) is 1.86. The fourth-order valence-electron chi connectivity index (χ4n) is 2.73. The van der Waals surface area contributed by atoms with Crippen LogP contribution in [0.1, 0.15) is 59.8 Å². The Hall–Kier alpha value is -1.99. The lowest BCUT2D eigenvalue weighted by Gasteiger charge is -2.20. The molecule has 0 spiro atoms. The van der Waals surface area contributed by atoms with Crippen molar-refractivity contribution in [3.05, 3.63) is 0 Å². The van der Waals surface area contributed by atoms with Crippen molar-refractivity contribution in [3.63, 3.8) is 0 Å². The number of nitrogens with one attached hydrogen (secondary N) is 3. The number of ether oxygens (including phenoxy) is 1. The summed E-state index contributed by atoms with van der Waals surface area (Å²) in [5.74, 6) is 0.986. The molecule has 0 bridgehead atoms. The quantitative estimate of drug-likeness (QED) is 0.338. The Kier molecular flexibility index (Phi) is 10.6. The molecule has 1 rings (SSSR count). The Morgan fingerprint density at radius 1 is 1.15 bits per heavy atom. The minimum Gasteiger partial charge on any atom is -0.444 e. The third kappa shape index (κ3) is 11.4. The second-order valence-corrected chi connectivity index (χ2v) is 7.66. The van der Waals surface area contributed by atoms with Crippen LogP contribution in [0.2, 0.25) is 0 Å². The van der Waals surface area contributed by atoms with Gasteiger partial charge in [0.2, 0.25) is 5.91 Å². The van der Waals surface area contributed by atoms with E-state index in [0.29, 0.717) is 32.0 Å². The zero-order valence-electron chi connectivity index (χ0n) is 17.4. The van der Waals surface area contributed by atoms with E-state index >= 15 is 0 Å². The van der Waals surface area contributed by atoms with Crippen molar-refractivity contribution in [1.29, 1.82) is 0 Å². The van der Waals surface area contributed by atoms with Gasteiger partial charge in [-0.1, -0.05) is 6.42 Å². The fourth-order valence-corrected chi connectivity index (χ4v) is 2.73. The van der Waals surface area contributed by atoms with Crippen LogP contribution in [0.4, 0.5) is 4.79 Å². The van der Waals surface area contributed by atoms with Crippen LogP contribution in [0.15, 0.2) is 4.99 Å². The minimum absolute atomic E-state index is 0.273. The van der Waals surface area contributed by atoms with Crippen LogP contribution < -0.4 is 16.0 Å². The Morgan fingerprint density at radius 2 is 1.89 bits per heavy atom. The lowest BCUT2D eigenvalue weighted by atomic mass is 10.2. The molecule has 0 radical (unpaired) electrons. The highest BCUT2D eigenvalue weighted by Crippen LogP contribution is 2.11. The van der Waals surface area contributed by atoms with E-state index in [9.17, 15) is 9.59 Å². The first-order valence-corrected chi connectivity index (χ1v) is 10.1. The van der Waals surface area contributed by atoms with Crippen molar-refractivity contribution < 1.29 is 14.3 Å². The van der Waals surface area contributed by atoms with Crippen molar-refractivity contribution in [2.45, 2.75) is 65.4 Å². The van der Waals surface area contributed by atoms with Gasteiger partial charge in [-0.25, -0.2) is 4.79 Å². The summed E-state index contributed by atoms with van der Waals surface area (Å²) in [5.41, 5.74) is -0.497. The average Bonchev–Trinajstić information content (AvgIpc) is 2.78. The van der Waals surface area contributed by atoms with E-state index in [1.807, 2.05) is 32.6 Å². The summed E-state index contributed by atoms with van der Waals surface area (Å²) >= 11 is 0. The lowest BCUT2D eigenvalue weighted by Crippen LogP contribution is -2.42. The number of guanidine groups is 1. The van der Waals surface area contributed by atoms with Gasteiger partial charge in [-0.05, 0) is 47.0 Å². The number of nitrogens with zero attached hydrogens (tertiary/aromatic N) is 2. The third-order valence-corrected chi connectivity index (χ3v) is 3.96. The van der Waals surface area contributed by atoms with Crippen molar-refractivity contribution >= 4 is 18.0 Å². The zero-order chi connectivity index (χ0) is 20.1. The molecule has 1 heterocycles. The molecule has 1 fully saturated rings. The minimum atomic E-state index is -0.497. The van der Waals surface area contributed by atoms with Gasteiger partial charge in [0, 0.05) is 45.7 Å². The highest BCUT2D eigenvalue weighted by molar-refractivity contribution is 5.79. The number of aliphatic imine (C=N–C) groups is 1. The molecule has 0 atom stereocenters. The van der Waals surface area contributed by atoms with Gasteiger partial charge in [0.15, 0.2) is 5.96 Å². The van der Waals surface area contributed by atoms with Crippen molar-refractivity contribution in [1.82, 2.24) is 20.9 Å². The molecule has 0 aromatic rings. The number of carbonyl (C=O) groups excluding carboxylic acids is 2. The molecule has 8 nitrogen and oxygen atoms in total. The van der Waals surface area contributed by atoms with E-state index in [1.54, 1.807) is 0 Å². The molecule has 2 amide bonds. The maximum absolute atomic E-state index is 12.0. The highest BCUT2D eigenvalue weighted by Gasteiger charge is 2.16. The van der Waals surface area contributed by atoms with Crippen LogP contribution >= 0.6 is 0 Å². The van der Waals surface area contributed by atoms with E-state index < -0.39 is 11.7 Å². The summed E-state index contributed by atoms with van der Waals surface area (Å²) in [7, 11) is 0. The zero-order valence-corrected chi connectivity index (χ0v) is 17.4. The number of likely N-dealkylation sites (tertiary alicyclic amines) is 1. The van der Waals surface area contributed by atoms with Crippen LogP contribution in [-0.4, -0.2) is 67.7 Å². The summed E-state index contributed by atoms with van der Waals surface area (Å²) in [6, 6.07) is 0. The second-order valence-electron chi connectivity index (χ2n) is 7.66. The number of amides is 2. The molecular formula is C19H37N5O3. The fraction of sp³-hybridized carbons (Fsp3) is 0.842. The first-order chi connectivity index (χ1) is 12.8. The van der Waals surface area contributed by atoms with Crippen molar-refractivity contribution in [3.8, 4) is 0 Å². The van der Waals surface area contributed by atoms with Crippen LogP contribution in [0, 0.1) is 0 Å². The van der Waals surface area contributed by atoms with Gasteiger partial charge in [-0.3, -0.25) is 9.79 Å². The largest absolute Gasteiger partial charge is 0.444 e. The summed E-state index contributed by atoms with van der Waals surface area (Å²) in [5, 5.41) is 9.07. The summed E-state index contributed by atoms with van der Waals surface area (Å²) in [4.78, 5) is 30.1. The van der Waals surface area contributed by atoms with Crippen molar-refractivity contribution in [2.24, 2.45) is 4.99 Å². The summed E-state index contributed by atoms with van der Waals surface area (Å²) in [6.07, 6.45) is 4.36. The number of carbonyl (C=O) groups is 2. The molecule has 8 heteroatoms. The van der Waals surface area contributed by atoms with Crippen LogP contribution in [0.5, 0.6) is 0 Å². The molecule has 0 unspecified atom stereocenters. The summed E-state index contributed by atoms with van der Waals surface area (Å²) in [6.45, 7) is 11.6. The van der Waals surface area contributed by atoms with Gasteiger partial charge in [-0.15, -0.1) is 0 Å². The van der Waals surface area contributed by atoms with E-state index in [1.165, 1.54) is 0 Å². The highest BCUT2D eigenvalue weighted by atomic mass is 16.6. The Bertz CT molecular complexity index is 488. The monoisotopic (exact) mass is 383 g/mol. The van der Waals surface area contributed by atoms with Gasteiger partial charge in [-0.2, -0.15) is 0 Å². The molecule has 0 saturated carbocycles. The Morgan fingerprint density at radius 3 is 2.59 bits per heavy atom. The SMILES string of the molecule is CCNC(=NCCCN1CCCCCC1=O)NCCNC(=O)OC(C)(C)C. The van der Waals surface area contributed by atoms with E-state index in [2.05, 4.69) is 20.9 Å². The number of alkyl carbamates (subject to hydrolysis) is 1. The van der Waals surface area contributed by atoms with Gasteiger partial charge < -0.3 is 25.6 Å². The molecule has 1 saturated heterocycles. The van der Waals surface area contributed by atoms with E-state index in [-0.39, 0.29) is 5.91 Å². The third-order valence-electron chi connectivity index (χ3n) is 3.96. The number of hydrogen-bond acceptors (Lipinski definition) is 4. The van der Waals surface area contributed by atoms with Gasteiger partial charge >= 0.3 is 6.09 Å². The van der Waals surface area contributed by atoms with Gasteiger partial charge in [0.25, 0.3) is 0 Å². The molecule has 1 aliphatic heterocycles. The molecule has 0 aliphatic carbocycles. The van der Waals surface area contributed by atoms with Crippen LogP contribution in [0.3, 0.4) is 0 Å². The van der Waals surface area contributed by atoms with Gasteiger partial charge in [0.05, 0.1) is 0 Å². The molecule has 0 aromatic heterocycles. The van der Waals surface area contributed by atoms with Crippen LogP contribution in [0.25, 0.3) is 0 Å². The maximum Gasteiger partial charge on any atom is 0.407 e. The first-order valence-electron chi connectivity index (χ1n) is 10.1. The molecule has 0 aromatic carbocycles. The molecular weight excluding hydrogens is 346 g/mol. The maximum atomic E-state index is 12.0. The van der Waals surface area contributed by atoms with E-state index in [4.69, 9.17) is 4.74 Å². The number of hydrogen-bond donors (Lipinski definition) is 3. The standard InChI is InChI=1S/C19H37N5O3/c1-5-20-17(22-12-13-23-18(26)27-19(2,3)4)21-11-9-15-24-14-8-6-7-10-16(24)25/h5-15H2,1-4H3,(H,23,26)(H2,20,21,22). The molecule has 1 aliphatic rings. The Labute approximate surface area is 163 Å². The molecule has 156 valence electrons. The molecule has 3 N–H and O–H groups in total. The normalized spacial score (nSPS) is 15.9. The first kappa shape index (κ1) is 23.0. The van der Waals surface area contributed by atoms with Gasteiger partial charge in [0.1, 0.15) is 5.60 Å². The smallest absolute Gasteiger partial charge is 0.407 e. The molecule has 27 heavy (non-hydrogen) atoms. The average molecular weight is 384 g/mol. The predicted molar refractivity (Wildman–Crippen MR) is 108 cm³/mol.